The third-order valence-electron chi connectivity index (χ3n) is 3.13. The van der Waals surface area contributed by atoms with Crippen molar-refractivity contribution in [2.75, 3.05) is 5.32 Å². The highest BCUT2D eigenvalue weighted by Crippen LogP contribution is 2.11. The second-order valence-electron chi connectivity index (χ2n) is 4.47. The molecule has 0 aliphatic rings. The van der Waals surface area contributed by atoms with Gasteiger partial charge in [-0.3, -0.25) is 13.9 Å². The topological polar surface area (TPSA) is 84.7 Å². The first-order valence-corrected chi connectivity index (χ1v) is 6.93. The summed E-state index contributed by atoms with van der Waals surface area (Å²) in [4.78, 5) is 31.0. The van der Waals surface area contributed by atoms with Crippen molar-refractivity contribution < 1.29 is 0 Å². The van der Waals surface area contributed by atoms with Gasteiger partial charge in [-0.05, 0) is 22.4 Å². The lowest BCUT2D eigenvalue weighted by Gasteiger charge is -2.00. The number of H-pyrrole nitrogens is 1. The predicted molar refractivity (Wildman–Crippen MR) is 78.2 cm³/mol. The van der Waals surface area contributed by atoms with Crippen molar-refractivity contribution >= 4 is 28.4 Å². The van der Waals surface area contributed by atoms with Gasteiger partial charge < -0.3 is 10.3 Å². The molecule has 0 radical (unpaired) electrons. The van der Waals surface area contributed by atoms with Crippen LogP contribution >= 0.6 is 11.3 Å². The van der Waals surface area contributed by atoms with Gasteiger partial charge in [-0.1, -0.05) is 0 Å². The number of fused-ring (bicyclic) bond motifs is 1. The van der Waals surface area contributed by atoms with Crippen LogP contribution in [0.3, 0.4) is 0 Å². The lowest BCUT2D eigenvalue weighted by molar-refractivity contribution is 0.709. The van der Waals surface area contributed by atoms with Crippen molar-refractivity contribution in [1.29, 1.82) is 0 Å². The predicted octanol–water partition coefficient (Wildman–Crippen LogP) is 0.634. The van der Waals surface area contributed by atoms with E-state index in [-0.39, 0.29) is 5.56 Å². The minimum absolute atomic E-state index is 0.322. The molecule has 0 spiro atoms. The lowest BCUT2D eigenvalue weighted by Crippen LogP contribution is -2.36. The van der Waals surface area contributed by atoms with E-state index in [1.54, 1.807) is 18.4 Å². The zero-order valence-electron chi connectivity index (χ0n) is 11.0. The molecule has 104 valence electrons. The maximum Gasteiger partial charge on any atom is 0.332 e. The number of anilines is 1. The Morgan fingerprint density at radius 3 is 2.85 bits per heavy atom. The molecular formula is C12H13N5O2S. The van der Waals surface area contributed by atoms with Gasteiger partial charge in [0.1, 0.15) is 0 Å². The Hall–Kier alpha value is -2.35. The first-order chi connectivity index (χ1) is 9.58. The SMILES string of the molecule is Cn1c(=O)c2[nH]c(NCc3ccsc3)nc2n(C)c1=O. The summed E-state index contributed by atoms with van der Waals surface area (Å²) < 4.78 is 2.41. The summed E-state index contributed by atoms with van der Waals surface area (Å²) in [5, 5.41) is 7.13. The monoisotopic (exact) mass is 291 g/mol. The van der Waals surface area contributed by atoms with E-state index in [2.05, 4.69) is 15.3 Å². The van der Waals surface area contributed by atoms with Crippen molar-refractivity contribution in [3.63, 3.8) is 0 Å². The number of imidazole rings is 1. The Bertz CT molecular complexity index is 872. The molecule has 0 aromatic carbocycles. The summed E-state index contributed by atoms with van der Waals surface area (Å²) in [6.45, 7) is 0.609. The number of aryl methyl sites for hydroxylation is 1. The van der Waals surface area contributed by atoms with Gasteiger partial charge in [-0.15, -0.1) is 0 Å². The van der Waals surface area contributed by atoms with E-state index in [1.807, 2.05) is 16.8 Å². The van der Waals surface area contributed by atoms with Gasteiger partial charge in [0, 0.05) is 20.6 Å². The number of hydrogen-bond acceptors (Lipinski definition) is 5. The maximum atomic E-state index is 12.0. The molecule has 0 fully saturated rings. The van der Waals surface area contributed by atoms with Crippen LogP contribution in [0.1, 0.15) is 5.56 Å². The minimum Gasteiger partial charge on any atom is -0.352 e. The fraction of sp³-hybridized carbons (Fsp3) is 0.250. The molecule has 0 bridgehead atoms. The second kappa shape index (κ2) is 4.64. The smallest absolute Gasteiger partial charge is 0.332 e. The molecule has 3 heterocycles. The number of nitrogens with one attached hydrogen (secondary N) is 2. The van der Waals surface area contributed by atoms with Crippen molar-refractivity contribution in [3.8, 4) is 0 Å². The summed E-state index contributed by atoms with van der Waals surface area (Å²) in [6.07, 6.45) is 0. The van der Waals surface area contributed by atoms with Crippen LogP contribution < -0.4 is 16.6 Å². The van der Waals surface area contributed by atoms with Crippen LogP contribution in [0.25, 0.3) is 11.2 Å². The minimum atomic E-state index is -0.390. The highest BCUT2D eigenvalue weighted by atomic mass is 32.1. The van der Waals surface area contributed by atoms with Gasteiger partial charge in [0.2, 0.25) is 5.95 Å². The van der Waals surface area contributed by atoms with E-state index in [1.165, 1.54) is 11.6 Å². The van der Waals surface area contributed by atoms with Crippen LogP contribution in [0, 0.1) is 0 Å². The van der Waals surface area contributed by atoms with Crippen LogP contribution in [0.5, 0.6) is 0 Å². The molecule has 0 atom stereocenters. The second-order valence-corrected chi connectivity index (χ2v) is 5.25. The van der Waals surface area contributed by atoms with Gasteiger partial charge in [-0.25, -0.2) is 4.79 Å². The summed E-state index contributed by atoms with van der Waals surface area (Å²) in [7, 11) is 3.04. The molecule has 20 heavy (non-hydrogen) atoms. The fourth-order valence-electron chi connectivity index (χ4n) is 1.99. The van der Waals surface area contributed by atoms with Crippen LogP contribution in [0.15, 0.2) is 26.4 Å². The van der Waals surface area contributed by atoms with Crippen LogP contribution in [0.2, 0.25) is 0 Å². The molecule has 3 aromatic rings. The molecular weight excluding hydrogens is 278 g/mol. The van der Waals surface area contributed by atoms with E-state index in [9.17, 15) is 9.59 Å². The van der Waals surface area contributed by atoms with E-state index >= 15 is 0 Å². The molecule has 0 aliphatic carbocycles. The zero-order valence-corrected chi connectivity index (χ0v) is 11.8. The van der Waals surface area contributed by atoms with Gasteiger partial charge in [0.25, 0.3) is 5.56 Å². The van der Waals surface area contributed by atoms with Crippen molar-refractivity contribution in [1.82, 2.24) is 19.1 Å². The maximum absolute atomic E-state index is 12.0. The number of rotatable bonds is 3. The molecule has 7 nitrogen and oxygen atoms in total. The van der Waals surface area contributed by atoms with Crippen molar-refractivity contribution in [2.24, 2.45) is 14.1 Å². The number of hydrogen-bond donors (Lipinski definition) is 2. The van der Waals surface area contributed by atoms with Gasteiger partial charge in [0.15, 0.2) is 11.2 Å². The first-order valence-electron chi connectivity index (χ1n) is 5.98. The number of thiophene rings is 1. The molecule has 8 heteroatoms. The van der Waals surface area contributed by atoms with Crippen LogP contribution in [-0.2, 0) is 20.6 Å². The molecule has 0 saturated carbocycles. The Morgan fingerprint density at radius 2 is 2.15 bits per heavy atom. The lowest BCUT2D eigenvalue weighted by atomic mass is 10.3. The summed E-state index contributed by atoms with van der Waals surface area (Å²) in [5.74, 6) is 0.476. The molecule has 3 rings (SSSR count). The standard InChI is InChI=1S/C12H13N5O2S/c1-16-9-8(10(18)17(2)12(16)19)14-11(15-9)13-5-7-3-4-20-6-7/h3-4,6H,5H2,1-2H3,(H2,13,14,15). The Balaban J connectivity index is 2.03. The normalized spacial score (nSPS) is 11.1. The van der Waals surface area contributed by atoms with Gasteiger partial charge >= 0.3 is 5.69 Å². The summed E-state index contributed by atoms with van der Waals surface area (Å²) in [6, 6.07) is 2.01. The highest BCUT2D eigenvalue weighted by molar-refractivity contribution is 7.07. The Labute approximate surface area is 117 Å². The Morgan fingerprint density at radius 1 is 1.35 bits per heavy atom. The largest absolute Gasteiger partial charge is 0.352 e. The van der Waals surface area contributed by atoms with Gasteiger partial charge in [0.05, 0.1) is 0 Å². The summed E-state index contributed by atoms with van der Waals surface area (Å²) in [5.41, 5.74) is 1.04. The summed E-state index contributed by atoms with van der Waals surface area (Å²) >= 11 is 1.62. The molecule has 0 saturated heterocycles. The fourth-order valence-corrected chi connectivity index (χ4v) is 2.66. The molecule has 0 aliphatic heterocycles. The van der Waals surface area contributed by atoms with E-state index in [0.29, 0.717) is 23.7 Å². The third kappa shape index (κ3) is 1.94. The number of aromatic nitrogens is 4. The molecule has 3 aromatic heterocycles. The molecule has 2 N–H and O–H groups in total. The number of aromatic amines is 1. The van der Waals surface area contributed by atoms with Crippen LogP contribution in [0.4, 0.5) is 5.95 Å². The van der Waals surface area contributed by atoms with E-state index in [4.69, 9.17) is 0 Å². The van der Waals surface area contributed by atoms with Crippen molar-refractivity contribution in [2.45, 2.75) is 6.54 Å². The van der Waals surface area contributed by atoms with Crippen molar-refractivity contribution in [3.05, 3.63) is 43.2 Å². The van der Waals surface area contributed by atoms with E-state index in [0.717, 1.165) is 10.1 Å². The van der Waals surface area contributed by atoms with E-state index < -0.39 is 5.69 Å². The van der Waals surface area contributed by atoms with Gasteiger partial charge in [-0.2, -0.15) is 16.3 Å². The molecule has 0 unspecified atom stereocenters. The Kier molecular flexibility index (Phi) is 2.94. The average Bonchev–Trinajstić information content (AvgIpc) is 3.09. The first kappa shape index (κ1) is 12.7. The molecule has 0 amide bonds. The number of nitrogens with zero attached hydrogens (tertiary/aromatic N) is 3. The zero-order chi connectivity index (χ0) is 14.3. The average molecular weight is 291 g/mol. The quantitative estimate of drug-likeness (QED) is 0.741. The third-order valence-corrected chi connectivity index (χ3v) is 3.87. The van der Waals surface area contributed by atoms with Crippen LogP contribution in [-0.4, -0.2) is 19.1 Å². The highest BCUT2D eigenvalue weighted by Gasteiger charge is 2.13.